The number of benzene rings is 1. The van der Waals surface area contributed by atoms with Crippen LogP contribution in [0.5, 0.6) is 0 Å². The number of hydrogen-bond acceptors (Lipinski definition) is 3. The first-order chi connectivity index (χ1) is 8.16. The van der Waals surface area contributed by atoms with Crippen LogP contribution in [0.15, 0.2) is 30.3 Å². The fraction of sp³-hybridized carbons (Fsp3) is 0.429. The van der Waals surface area contributed by atoms with Gasteiger partial charge in [-0.3, -0.25) is 4.79 Å². The lowest BCUT2D eigenvalue weighted by atomic mass is 9.88. The Morgan fingerprint density at radius 2 is 1.94 bits per heavy atom. The number of carbonyl (C=O) groups excluding carboxylic acids is 2. The average Bonchev–Trinajstić information content (AvgIpc) is 2.34. The summed E-state index contributed by atoms with van der Waals surface area (Å²) in [6.45, 7) is 2.05. The van der Waals surface area contributed by atoms with Gasteiger partial charge in [-0.15, -0.1) is 0 Å². The number of Topliss-reactive ketones (excluding diaryl/α,β-unsaturated/α-hetero) is 1. The topological polar surface area (TPSA) is 43.4 Å². The maximum absolute atomic E-state index is 11.8. The number of ketones is 1. The van der Waals surface area contributed by atoms with Crippen LogP contribution in [-0.4, -0.2) is 17.9 Å². The molecule has 0 N–H and O–H groups in total. The van der Waals surface area contributed by atoms with Gasteiger partial charge in [0.1, 0.15) is 0 Å². The molecule has 3 nitrogen and oxygen atoms in total. The highest BCUT2D eigenvalue weighted by molar-refractivity contribution is 5.93. The first kappa shape index (κ1) is 11.8. The van der Waals surface area contributed by atoms with Crippen molar-refractivity contribution in [2.24, 2.45) is 5.92 Å². The Labute approximate surface area is 101 Å². The molecule has 0 radical (unpaired) electrons. The molecule has 17 heavy (non-hydrogen) atoms. The van der Waals surface area contributed by atoms with Gasteiger partial charge < -0.3 is 4.74 Å². The molecule has 2 atom stereocenters. The number of rotatable bonds is 2. The van der Waals surface area contributed by atoms with Crippen molar-refractivity contribution in [1.29, 1.82) is 0 Å². The van der Waals surface area contributed by atoms with Crippen LogP contribution in [0.1, 0.15) is 36.5 Å². The molecule has 1 aromatic rings. The lowest BCUT2D eigenvalue weighted by Gasteiger charge is -2.24. The third kappa shape index (κ3) is 2.93. The highest BCUT2D eigenvalue weighted by Crippen LogP contribution is 2.23. The van der Waals surface area contributed by atoms with Crippen LogP contribution in [0.25, 0.3) is 0 Å². The van der Waals surface area contributed by atoms with Gasteiger partial charge in [-0.2, -0.15) is 0 Å². The highest BCUT2D eigenvalue weighted by atomic mass is 16.5. The van der Waals surface area contributed by atoms with Gasteiger partial charge in [0.2, 0.25) is 0 Å². The summed E-state index contributed by atoms with van der Waals surface area (Å²) in [5, 5.41) is 0. The number of carbonyl (C=O) groups is 2. The third-order valence-corrected chi connectivity index (χ3v) is 3.09. The first-order valence-corrected chi connectivity index (χ1v) is 5.95. The van der Waals surface area contributed by atoms with Crippen molar-refractivity contribution >= 4 is 11.8 Å². The van der Waals surface area contributed by atoms with E-state index in [1.54, 1.807) is 24.3 Å². The molecule has 90 valence electrons. The Hall–Kier alpha value is -1.64. The van der Waals surface area contributed by atoms with Crippen LogP contribution in [0.3, 0.4) is 0 Å². The van der Waals surface area contributed by atoms with E-state index in [-0.39, 0.29) is 5.78 Å². The SMILES string of the molecule is C[C@@H]1CC[C@@H](OC(=O)c2ccccc2)C(=O)C1. The van der Waals surface area contributed by atoms with Crippen LogP contribution in [0.2, 0.25) is 0 Å². The normalized spacial score (nSPS) is 24.4. The quantitative estimate of drug-likeness (QED) is 0.736. The van der Waals surface area contributed by atoms with Gasteiger partial charge in [-0.1, -0.05) is 25.1 Å². The van der Waals surface area contributed by atoms with Gasteiger partial charge in [0, 0.05) is 6.42 Å². The molecule has 1 aromatic carbocycles. The van der Waals surface area contributed by atoms with E-state index in [4.69, 9.17) is 4.74 Å². The summed E-state index contributed by atoms with van der Waals surface area (Å²) in [6.07, 6.45) is 1.57. The second-order valence-corrected chi connectivity index (χ2v) is 4.61. The Morgan fingerprint density at radius 3 is 2.59 bits per heavy atom. The molecule has 0 spiro atoms. The van der Waals surface area contributed by atoms with Crippen molar-refractivity contribution in [2.45, 2.75) is 32.3 Å². The third-order valence-electron chi connectivity index (χ3n) is 3.09. The Balaban J connectivity index is 1.98. The van der Waals surface area contributed by atoms with E-state index in [2.05, 4.69) is 0 Å². The molecule has 0 bridgehead atoms. The van der Waals surface area contributed by atoms with Crippen LogP contribution in [0, 0.1) is 5.92 Å². The molecule has 0 heterocycles. The Morgan fingerprint density at radius 1 is 1.24 bits per heavy atom. The molecular formula is C14H16O3. The second-order valence-electron chi connectivity index (χ2n) is 4.61. The predicted molar refractivity (Wildman–Crippen MR) is 63.7 cm³/mol. The van der Waals surface area contributed by atoms with Crippen molar-refractivity contribution in [3.05, 3.63) is 35.9 Å². The largest absolute Gasteiger partial charge is 0.451 e. The average molecular weight is 232 g/mol. The van der Waals surface area contributed by atoms with E-state index in [0.29, 0.717) is 24.3 Å². The van der Waals surface area contributed by atoms with Gasteiger partial charge in [0.15, 0.2) is 11.9 Å². The van der Waals surface area contributed by atoms with E-state index in [1.165, 1.54) is 0 Å². The molecule has 1 aliphatic carbocycles. The van der Waals surface area contributed by atoms with Gasteiger partial charge in [0.05, 0.1) is 5.56 Å². The van der Waals surface area contributed by atoms with E-state index in [9.17, 15) is 9.59 Å². The lowest BCUT2D eigenvalue weighted by Crippen LogP contribution is -2.32. The molecule has 0 aromatic heterocycles. The minimum atomic E-state index is -0.543. The molecule has 0 amide bonds. The molecule has 1 saturated carbocycles. The zero-order chi connectivity index (χ0) is 12.3. The van der Waals surface area contributed by atoms with E-state index >= 15 is 0 Å². The fourth-order valence-corrected chi connectivity index (χ4v) is 2.07. The second kappa shape index (κ2) is 5.13. The molecular weight excluding hydrogens is 216 g/mol. The Kier molecular flexibility index (Phi) is 3.57. The smallest absolute Gasteiger partial charge is 0.338 e. The summed E-state index contributed by atoms with van der Waals surface area (Å²) >= 11 is 0. The monoisotopic (exact) mass is 232 g/mol. The number of hydrogen-bond donors (Lipinski definition) is 0. The minimum absolute atomic E-state index is 0.0491. The molecule has 0 saturated heterocycles. The highest BCUT2D eigenvalue weighted by Gasteiger charge is 2.29. The van der Waals surface area contributed by atoms with Crippen molar-refractivity contribution in [3.8, 4) is 0 Å². The summed E-state index contributed by atoms with van der Waals surface area (Å²) in [7, 11) is 0. The summed E-state index contributed by atoms with van der Waals surface area (Å²) in [5.74, 6) is 0.0562. The van der Waals surface area contributed by atoms with Crippen LogP contribution in [0.4, 0.5) is 0 Å². The maximum Gasteiger partial charge on any atom is 0.338 e. The maximum atomic E-state index is 11.8. The van der Waals surface area contributed by atoms with E-state index in [1.807, 2.05) is 13.0 Å². The zero-order valence-corrected chi connectivity index (χ0v) is 9.89. The summed E-state index contributed by atoms with van der Waals surface area (Å²) in [5.41, 5.74) is 0.499. The lowest BCUT2D eigenvalue weighted by molar-refractivity contribution is -0.131. The molecule has 3 heteroatoms. The molecule has 0 unspecified atom stereocenters. The van der Waals surface area contributed by atoms with Gasteiger partial charge >= 0.3 is 5.97 Å². The summed E-state index contributed by atoms with van der Waals surface area (Å²) < 4.78 is 5.25. The van der Waals surface area contributed by atoms with Crippen LogP contribution in [-0.2, 0) is 9.53 Å². The molecule has 0 aliphatic heterocycles. The van der Waals surface area contributed by atoms with E-state index in [0.717, 1.165) is 6.42 Å². The predicted octanol–water partition coefficient (Wildman–Crippen LogP) is 2.60. The summed E-state index contributed by atoms with van der Waals surface area (Å²) in [6, 6.07) is 8.78. The molecule has 1 aliphatic rings. The molecule has 1 fully saturated rings. The minimum Gasteiger partial charge on any atom is -0.451 e. The van der Waals surface area contributed by atoms with Gasteiger partial charge in [-0.05, 0) is 30.9 Å². The van der Waals surface area contributed by atoms with Crippen LogP contribution >= 0.6 is 0 Å². The van der Waals surface area contributed by atoms with Crippen LogP contribution < -0.4 is 0 Å². The Bertz CT molecular complexity index is 411. The summed E-state index contributed by atoms with van der Waals surface area (Å²) in [4.78, 5) is 23.5. The first-order valence-electron chi connectivity index (χ1n) is 5.95. The fourth-order valence-electron chi connectivity index (χ4n) is 2.07. The van der Waals surface area contributed by atoms with Crippen molar-refractivity contribution in [2.75, 3.05) is 0 Å². The number of ether oxygens (including phenoxy) is 1. The standard InChI is InChI=1S/C14H16O3/c1-10-7-8-13(12(15)9-10)17-14(16)11-5-3-2-4-6-11/h2-6,10,13H,7-9H2,1H3/t10-,13-/m1/s1. The van der Waals surface area contributed by atoms with Gasteiger partial charge in [0.25, 0.3) is 0 Å². The zero-order valence-electron chi connectivity index (χ0n) is 9.89. The van der Waals surface area contributed by atoms with Crippen molar-refractivity contribution in [3.63, 3.8) is 0 Å². The molecule has 2 rings (SSSR count). The van der Waals surface area contributed by atoms with Crippen molar-refractivity contribution in [1.82, 2.24) is 0 Å². The van der Waals surface area contributed by atoms with E-state index < -0.39 is 12.1 Å². The van der Waals surface area contributed by atoms with Crippen molar-refractivity contribution < 1.29 is 14.3 Å². The van der Waals surface area contributed by atoms with Gasteiger partial charge in [-0.25, -0.2) is 4.79 Å². The number of esters is 1.